The zero-order valence-corrected chi connectivity index (χ0v) is 9.88. The minimum atomic E-state index is -4.67. The summed E-state index contributed by atoms with van der Waals surface area (Å²) in [6.07, 6.45) is -4.01. The minimum absolute atomic E-state index is 0.577. The van der Waals surface area contributed by atoms with Gasteiger partial charge < -0.3 is 5.32 Å². The maximum Gasteiger partial charge on any atom is 0.383 e. The van der Waals surface area contributed by atoms with E-state index in [4.69, 9.17) is 0 Å². The second kappa shape index (κ2) is 5.37. The fourth-order valence-electron chi connectivity index (χ4n) is 1.41. The number of amides is 1. The molecule has 0 aliphatic rings. The molecule has 0 aromatic heterocycles. The molecule has 0 heterocycles. The van der Waals surface area contributed by atoms with Crippen LogP contribution in [-0.4, -0.2) is 18.3 Å². The van der Waals surface area contributed by atoms with Crippen LogP contribution < -0.4 is 5.32 Å². The van der Waals surface area contributed by atoms with Crippen LogP contribution in [0.1, 0.15) is 24.1 Å². The van der Waals surface area contributed by atoms with Crippen molar-refractivity contribution >= 4 is 5.91 Å². The number of carbonyl (C=O) groups excluding carboxylic acids is 1. The average molecular weight is 263 g/mol. The van der Waals surface area contributed by atoms with Gasteiger partial charge in [-0.25, -0.2) is 8.78 Å². The quantitative estimate of drug-likeness (QED) is 0.831. The molecule has 0 saturated carbocycles. The lowest BCUT2D eigenvalue weighted by Crippen LogP contribution is -2.45. The van der Waals surface area contributed by atoms with Crippen molar-refractivity contribution in [2.45, 2.75) is 32.2 Å². The zero-order chi connectivity index (χ0) is 13.9. The van der Waals surface area contributed by atoms with Gasteiger partial charge in [0.1, 0.15) is 0 Å². The van der Waals surface area contributed by atoms with Gasteiger partial charge in [0, 0.05) is 0 Å². The van der Waals surface area contributed by atoms with Gasteiger partial charge in [0.25, 0.3) is 5.91 Å². The normalized spacial score (nSPS) is 13.5. The van der Waals surface area contributed by atoms with Gasteiger partial charge in [-0.1, -0.05) is 29.8 Å². The van der Waals surface area contributed by atoms with Gasteiger partial charge in [-0.05, 0) is 19.4 Å². The predicted octanol–water partition coefficient (Wildman–Crippen LogP) is 3.07. The van der Waals surface area contributed by atoms with Crippen molar-refractivity contribution < 1.29 is 22.4 Å². The molecule has 0 saturated heterocycles. The molecule has 1 amide bonds. The molecule has 0 aliphatic heterocycles. The van der Waals surface area contributed by atoms with Crippen LogP contribution in [0.15, 0.2) is 24.3 Å². The second-order valence-corrected chi connectivity index (χ2v) is 4.03. The molecular weight excluding hydrogens is 250 g/mol. The third kappa shape index (κ3) is 3.21. The van der Waals surface area contributed by atoms with E-state index in [9.17, 15) is 22.4 Å². The summed E-state index contributed by atoms with van der Waals surface area (Å²) in [6, 6.07) is 6.04. The zero-order valence-electron chi connectivity index (χ0n) is 9.88. The SMILES string of the molecule is Cc1cccc([C@H](C)NC(=O)C(F)(F)C(F)F)c1. The van der Waals surface area contributed by atoms with Crippen molar-refractivity contribution in [3.8, 4) is 0 Å². The van der Waals surface area contributed by atoms with Gasteiger partial charge in [0.2, 0.25) is 0 Å². The Morgan fingerprint density at radius 1 is 1.33 bits per heavy atom. The van der Waals surface area contributed by atoms with Crippen LogP contribution in [0.5, 0.6) is 0 Å². The Balaban J connectivity index is 2.77. The predicted molar refractivity (Wildman–Crippen MR) is 58.7 cm³/mol. The standard InChI is InChI=1S/C12H13F4NO/c1-7-4-3-5-9(6-7)8(2)17-11(18)12(15,16)10(13)14/h3-6,8,10H,1-2H3,(H,17,18)/t8-/m0/s1. The Bertz CT molecular complexity index is 434. The van der Waals surface area contributed by atoms with E-state index in [2.05, 4.69) is 0 Å². The van der Waals surface area contributed by atoms with Crippen molar-refractivity contribution in [2.24, 2.45) is 0 Å². The number of aryl methyl sites for hydroxylation is 1. The molecule has 0 radical (unpaired) electrons. The van der Waals surface area contributed by atoms with Crippen molar-refractivity contribution in [1.29, 1.82) is 0 Å². The molecule has 0 unspecified atom stereocenters. The summed E-state index contributed by atoms with van der Waals surface area (Å²) in [5.74, 6) is -6.63. The second-order valence-electron chi connectivity index (χ2n) is 4.03. The fourth-order valence-corrected chi connectivity index (χ4v) is 1.41. The van der Waals surface area contributed by atoms with Gasteiger partial charge in [-0.3, -0.25) is 4.79 Å². The Morgan fingerprint density at radius 2 is 1.94 bits per heavy atom. The number of halogens is 4. The van der Waals surface area contributed by atoms with Crippen molar-refractivity contribution in [3.05, 3.63) is 35.4 Å². The van der Waals surface area contributed by atoms with Crippen LogP contribution in [0.4, 0.5) is 17.6 Å². The van der Waals surface area contributed by atoms with E-state index in [0.717, 1.165) is 5.56 Å². The molecule has 18 heavy (non-hydrogen) atoms. The van der Waals surface area contributed by atoms with Gasteiger partial charge in [-0.15, -0.1) is 0 Å². The first-order chi connectivity index (χ1) is 8.25. The summed E-state index contributed by atoms with van der Waals surface area (Å²) in [5.41, 5.74) is 1.46. The molecule has 0 fully saturated rings. The third-order valence-electron chi connectivity index (χ3n) is 2.47. The summed E-state index contributed by atoms with van der Waals surface area (Å²) in [6.45, 7) is 3.25. The Labute approximate surface area is 102 Å². The lowest BCUT2D eigenvalue weighted by molar-refractivity contribution is -0.170. The molecule has 1 rings (SSSR count). The van der Waals surface area contributed by atoms with Crippen molar-refractivity contribution in [3.63, 3.8) is 0 Å². The van der Waals surface area contributed by atoms with E-state index in [0.29, 0.717) is 5.56 Å². The lowest BCUT2D eigenvalue weighted by Gasteiger charge is -2.19. The summed E-state index contributed by atoms with van der Waals surface area (Å²) in [7, 11) is 0. The van der Waals surface area contributed by atoms with E-state index >= 15 is 0 Å². The van der Waals surface area contributed by atoms with E-state index in [-0.39, 0.29) is 0 Å². The smallest absolute Gasteiger partial charge is 0.344 e. The molecule has 1 N–H and O–H groups in total. The number of rotatable bonds is 4. The van der Waals surface area contributed by atoms with Gasteiger partial charge in [-0.2, -0.15) is 8.78 Å². The highest BCUT2D eigenvalue weighted by molar-refractivity contribution is 5.84. The number of alkyl halides is 4. The molecule has 1 aromatic rings. The highest BCUT2D eigenvalue weighted by atomic mass is 19.3. The van der Waals surface area contributed by atoms with E-state index in [1.165, 1.54) is 6.92 Å². The van der Waals surface area contributed by atoms with Crippen LogP contribution in [0.3, 0.4) is 0 Å². The molecular formula is C12H13F4NO. The highest BCUT2D eigenvalue weighted by Gasteiger charge is 2.49. The highest BCUT2D eigenvalue weighted by Crippen LogP contribution is 2.24. The van der Waals surface area contributed by atoms with Crippen LogP contribution in [0, 0.1) is 6.92 Å². The Kier molecular flexibility index (Phi) is 4.32. The number of nitrogens with one attached hydrogen (secondary N) is 1. The minimum Gasteiger partial charge on any atom is -0.344 e. The molecule has 1 aromatic carbocycles. The summed E-state index contributed by atoms with van der Waals surface area (Å²) in [4.78, 5) is 11.0. The first-order valence-electron chi connectivity index (χ1n) is 5.28. The molecule has 1 atom stereocenters. The van der Waals surface area contributed by atoms with Crippen LogP contribution >= 0.6 is 0 Å². The van der Waals surface area contributed by atoms with Gasteiger partial charge in [0.05, 0.1) is 6.04 Å². The number of hydrogen-bond acceptors (Lipinski definition) is 1. The average Bonchev–Trinajstić information content (AvgIpc) is 2.28. The molecule has 2 nitrogen and oxygen atoms in total. The topological polar surface area (TPSA) is 29.1 Å². The third-order valence-corrected chi connectivity index (χ3v) is 2.47. The summed E-state index contributed by atoms with van der Waals surface area (Å²) >= 11 is 0. The maximum absolute atomic E-state index is 12.7. The summed E-state index contributed by atoms with van der Waals surface area (Å²) < 4.78 is 49.4. The fraction of sp³-hybridized carbons (Fsp3) is 0.417. The van der Waals surface area contributed by atoms with Crippen LogP contribution in [0.25, 0.3) is 0 Å². The first kappa shape index (κ1) is 14.5. The van der Waals surface area contributed by atoms with Crippen molar-refractivity contribution in [2.75, 3.05) is 0 Å². The molecule has 0 spiro atoms. The molecule has 0 aliphatic carbocycles. The summed E-state index contributed by atoms with van der Waals surface area (Å²) in [5, 5.41) is 1.88. The maximum atomic E-state index is 12.7. The van der Waals surface area contributed by atoms with Gasteiger partial charge >= 0.3 is 12.3 Å². The lowest BCUT2D eigenvalue weighted by atomic mass is 10.1. The van der Waals surface area contributed by atoms with E-state index in [1.54, 1.807) is 31.2 Å². The Hall–Kier alpha value is -1.59. The van der Waals surface area contributed by atoms with Crippen LogP contribution in [0.2, 0.25) is 0 Å². The largest absolute Gasteiger partial charge is 0.383 e. The Morgan fingerprint density at radius 3 is 2.44 bits per heavy atom. The first-order valence-corrected chi connectivity index (χ1v) is 5.28. The van der Waals surface area contributed by atoms with Crippen molar-refractivity contribution in [1.82, 2.24) is 5.32 Å². The van der Waals surface area contributed by atoms with E-state index in [1.807, 2.05) is 5.32 Å². The van der Waals surface area contributed by atoms with E-state index < -0.39 is 24.3 Å². The number of carbonyl (C=O) groups is 1. The number of hydrogen-bond donors (Lipinski definition) is 1. The number of benzene rings is 1. The van der Waals surface area contributed by atoms with Crippen LogP contribution in [-0.2, 0) is 4.79 Å². The molecule has 6 heteroatoms. The molecule has 100 valence electrons. The molecule has 0 bridgehead atoms. The van der Waals surface area contributed by atoms with Gasteiger partial charge in [0.15, 0.2) is 0 Å². The monoisotopic (exact) mass is 263 g/mol.